The first-order chi connectivity index (χ1) is 4.74. The predicted molar refractivity (Wildman–Crippen MR) is 40.5 cm³/mol. The van der Waals surface area contributed by atoms with E-state index in [-0.39, 0.29) is 0 Å². The lowest BCUT2D eigenvalue weighted by Gasteiger charge is -1.86. The number of nitrogens with zero attached hydrogens (tertiary/aromatic N) is 2. The van der Waals surface area contributed by atoms with Crippen molar-refractivity contribution < 1.29 is 4.57 Å². The van der Waals surface area contributed by atoms with Gasteiger partial charge in [0, 0.05) is 6.42 Å². The summed E-state index contributed by atoms with van der Waals surface area (Å²) < 4.78 is 4.14. The normalized spacial score (nSPS) is 9.80. The highest BCUT2D eigenvalue weighted by molar-refractivity contribution is 4.98. The van der Waals surface area contributed by atoms with Crippen molar-refractivity contribution in [1.82, 2.24) is 4.57 Å². The molecule has 0 radical (unpaired) electrons. The molecule has 0 aliphatic heterocycles. The van der Waals surface area contributed by atoms with Crippen LogP contribution in [0.15, 0.2) is 25.2 Å². The van der Waals surface area contributed by atoms with E-state index < -0.39 is 0 Å². The average Bonchev–Trinajstić information content (AvgIpc) is 2.13. The molecule has 0 N–H and O–H groups in total. The Kier molecular flexibility index (Phi) is 1.90. The van der Waals surface area contributed by atoms with E-state index in [2.05, 4.69) is 17.3 Å². The summed E-state index contributed by atoms with van der Waals surface area (Å²) in [5.74, 6) is 0. The standard InChI is InChI=1S/C8H13N2/c1-4-5-8-6-9(2)7-10(8)3/h4,6-7H,1,5H2,2-3H3/q+1. The van der Waals surface area contributed by atoms with Crippen LogP contribution >= 0.6 is 0 Å². The van der Waals surface area contributed by atoms with Gasteiger partial charge in [-0.2, -0.15) is 0 Å². The van der Waals surface area contributed by atoms with Crippen molar-refractivity contribution in [2.45, 2.75) is 6.42 Å². The molecule has 0 amide bonds. The largest absolute Gasteiger partial charge is 0.243 e. The van der Waals surface area contributed by atoms with Gasteiger partial charge in [-0.3, -0.25) is 0 Å². The predicted octanol–water partition coefficient (Wildman–Crippen LogP) is 0.578. The molecular formula is C8H13N2+. The van der Waals surface area contributed by atoms with E-state index in [4.69, 9.17) is 0 Å². The molecule has 0 saturated carbocycles. The van der Waals surface area contributed by atoms with E-state index in [9.17, 15) is 0 Å². The van der Waals surface area contributed by atoms with Gasteiger partial charge in [0.15, 0.2) is 0 Å². The van der Waals surface area contributed by atoms with Crippen molar-refractivity contribution in [3.63, 3.8) is 0 Å². The maximum atomic E-state index is 3.68. The summed E-state index contributed by atoms with van der Waals surface area (Å²) in [6.07, 6.45) is 6.99. The Balaban J connectivity index is 2.91. The van der Waals surface area contributed by atoms with Gasteiger partial charge in [-0.15, -0.1) is 6.58 Å². The molecule has 0 saturated heterocycles. The fraction of sp³-hybridized carbons (Fsp3) is 0.375. The molecule has 10 heavy (non-hydrogen) atoms. The van der Waals surface area contributed by atoms with Crippen molar-refractivity contribution >= 4 is 0 Å². The molecule has 0 fully saturated rings. The number of imidazole rings is 1. The van der Waals surface area contributed by atoms with Crippen LogP contribution in [-0.4, -0.2) is 4.57 Å². The van der Waals surface area contributed by atoms with Crippen LogP contribution in [0, 0.1) is 0 Å². The molecule has 0 spiro atoms. The molecule has 0 unspecified atom stereocenters. The van der Waals surface area contributed by atoms with E-state index in [1.54, 1.807) is 0 Å². The highest BCUT2D eigenvalue weighted by Gasteiger charge is 2.03. The lowest BCUT2D eigenvalue weighted by molar-refractivity contribution is -0.671. The molecule has 1 rings (SSSR count). The average molecular weight is 137 g/mol. The summed E-state index contributed by atoms with van der Waals surface area (Å²) in [4.78, 5) is 0. The van der Waals surface area contributed by atoms with Gasteiger partial charge in [-0.1, -0.05) is 6.08 Å². The second-order valence-corrected chi connectivity index (χ2v) is 2.51. The summed E-state index contributed by atoms with van der Waals surface area (Å²) in [6.45, 7) is 3.68. The molecule has 1 aromatic rings. The van der Waals surface area contributed by atoms with Gasteiger partial charge in [0.25, 0.3) is 0 Å². The van der Waals surface area contributed by atoms with Crippen molar-refractivity contribution in [2.24, 2.45) is 14.1 Å². The Hall–Kier alpha value is -1.05. The Morgan fingerprint density at radius 3 is 2.90 bits per heavy atom. The molecule has 1 heterocycles. The number of hydrogen-bond acceptors (Lipinski definition) is 0. The lowest BCUT2D eigenvalue weighted by Crippen LogP contribution is -2.23. The summed E-state index contributed by atoms with van der Waals surface area (Å²) in [7, 11) is 4.06. The van der Waals surface area contributed by atoms with Crippen LogP contribution in [-0.2, 0) is 20.5 Å². The number of allylic oxidation sites excluding steroid dienone is 1. The highest BCUT2D eigenvalue weighted by atomic mass is 15.1. The Morgan fingerprint density at radius 1 is 1.80 bits per heavy atom. The van der Waals surface area contributed by atoms with Crippen LogP contribution < -0.4 is 4.57 Å². The fourth-order valence-corrected chi connectivity index (χ4v) is 1.05. The van der Waals surface area contributed by atoms with E-state index in [1.807, 2.05) is 31.1 Å². The minimum Gasteiger partial charge on any atom is -0.239 e. The molecule has 0 bridgehead atoms. The Morgan fingerprint density at radius 2 is 2.50 bits per heavy atom. The monoisotopic (exact) mass is 137 g/mol. The fourth-order valence-electron chi connectivity index (χ4n) is 1.05. The van der Waals surface area contributed by atoms with Gasteiger partial charge in [-0.05, 0) is 0 Å². The van der Waals surface area contributed by atoms with E-state index >= 15 is 0 Å². The van der Waals surface area contributed by atoms with Crippen LogP contribution in [0.4, 0.5) is 0 Å². The zero-order valence-electron chi connectivity index (χ0n) is 6.54. The molecule has 0 aliphatic rings. The van der Waals surface area contributed by atoms with Crippen LogP contribution in [0.1, 0.15) is 5.69 Å². The Bertz CT molecular complexity index is 235. The number of hydrogen-bond donors (Lipinski definition) is 0. The molecule has 2 heteroatoms. The summed E-state index contributed by atoms with van der Waals surface area (Å²) in [5, 5.41) is 0. The van der Waals surface area contributed by atoms with Crippen LogP contribution in [0.5, 0.6) is 0 Å². The first-order valence-corrected chi connectivity index (χ1v) is 3.35. The van der Waals surface area contributed by atoms with Gasteiger partial charge in [-0.25, -0.2) is 9.13 Å². The van der Waals surface area contributed by atoms with Crippen molar-refractivity contribution in [3.05, 3.63) is 30.9 Å². The second kappa shape index (κ2) is 2.69. The molecular weight excluding hydrogens is 124 g/mol. The molecule has 2 nitrogen and oxygen atoms in total. The number of rotatable bonds is 2. The summed E-state index contributed by atoms with van der Waals surface area (Å²) in [6, 6.07) is 0. The molecule has 0 atom stereocenters. The van der Waals surface area contributed by atoms with Crippen molar-refractivity contribution in [1.29, 1.82) is 0 Å². The summed E-state index contributed by atoms with van der Waals surface area (Å²) in [5.41, 5.74) is 1.29. The van der Waals surface area contributed by atoms with Crippen LogP contribution in [0.2, 0.25) is 0 Å². The van der Waals surface area contributed by atoms with Gasteiger partial charge >= 0.3 is 0 Å². The zero-order valence-corrected chi connectivity index (χ0v) is 6.54. The first-order valence-electron chi connectivity index (χ1n) is 3.35. The van der Waals surface area contributed by atoms with Crippen LogP contribution in [0.25, 0.3) is 0 Å². The van der Waals surface area contributed by atoms with Gasteiger partial charge in [0.1, 0.15) is 11.9 Å². The minimum absolute atomic E-state index is 0.942. The van der Waals surface area contributed by atoms with E-state index in [1.165, 1.54) is 5.69 Å². The maximum absolute atomic E-state index is 3.68. The second-order valence-electron chi connectivity index (χ2n) is 2.51. The zero-order chi connectivity index (χ0) is 7.56. The van der Waals surface area contributed by atoms with E-state index in [0.717, 1.165) is 6.42 Å². The van der Waals surface area contributed by atoms with E-state index in [0.29, 0.717) is 0 Å². The van der Waals surface area contributed by atoms with Gasteiger partial charge in [0.05, 0.1) is 14.1 Å². The molecule has 0 aliphatic carbocycles. The van der Waals surface area contributed by atoms with Crippen molar-refractivity contribution in [2.75, 3.05) is 0 Å². The Labute approximate surface area is 61.4 Å². The number of aryl methyl sites for hydroxylation is 2. The molecule has 54 valence electrons. The SMILES string of the molecule is C=CCc1c[n+](C)cn1C. The topological polar surface area (TPSA) is 8.81 Å². The molecule has 1 aromatic heterocycles. The summed E-state index contributed by atoms with van der Waals surface area (Å²) >= 11 is 0. The third-order valence-corrected chi connectivity index (χ3v) is 1.51. The third kappa shape index (κ3) is 1.26. The quantitative estimate of drug-likeness (QED) is 0.416. The maximum Gasteiger partial charge on any atom is 0.243 e. The smallest absolute Gasteiger partial charge is 0.239 e. The van der Waals surface area contributed by atoms with Crippen LogP contribution in [0.3, 0.4) is 0 Å². The minimum atomic E-state index is 0.942. The lowest BCUT2D eigenvalue weighted by atomic mass is 10.3. The van der Waals surface area contributed by atoms with Crippen molar-refractivity contribution in [3.8, 4) is 0 Å². The first kappa shape index (κ1) is 7.06. The molecule has 0 aromatic carbocycles. The number of aromatic nitrogens is 2. The highest BCUT2D eigenvalue weighted by Crippen LogP contribution is 1.94. The van der Waals surface area contributed by atoms with Gasteiger partial charge < -0.3 is 0 Å². The third-order valence-electron chi connectivity index (χ3n) is 1.51. The van der Waals surface area contributed by atoms with Gasteiger partial charge in [0.2, 0.25) is 6.33 Å².